The average molecular weight is 206 g/mol. The summed E-state index contributed by atoms with van der Waals surface area (Å²) in [6, 6.07) is 0. The number of rotatable bonds is 0. The van der Waals surface area contributed by atoms with Gasteiger partial charge in [-0.15, -0.1) is 0 Å². The first-order valence-corrected chi connectivity index (χ1v) is 4.97. The molecule has 0 aromatic heterocycles. The molecule has 0 bridgehead atoms. The minimum atomic E-state index is -4.11. The van der Waals surface area contributed by atoms with Crippen LogP contribution in [-0.2, 0) is 0 Å². The van der Waals surface area contributed by atoms with E-state index in [1.807, 2.05) is 0 Å². The second-order valence-electron chi connectivity index (χ2n) is 5.06. The second-order valence-corrected chi connectivity index (χ2v) is 5.06. The molecule has 0 aliphatic heterocycles. The lowest BCUT2D eigenvalue weighted by Crippen LogP contribution is -2.25. The van der Waals surface area contributed by atoms with Crippen molar-refractivity contribution in [1.29, 1.82) is 0 Å². The Hall–Kier alpha value is -0.470. The fourth-order valence-electron chi connectivity index (χ4n) is 1.88. The zero-order valence-electron chi connectivity index (χ0n) is 8.91. The van der Waals surface area contributed by atoms with E-state index < -0.39 is 6.18 Å². The first kappa shape index (κ1) is 11.6. The summed E-state index contributed by atoms with van der Waals surface area (Å²) in [4.78, 5) is 0. The summed E-state index contributed by atoms with van der Waals surface area (Å²) in [7, 11) is 0. The molecular weight excluding hydrogens is 189 g/mol. The van der Waals surface area contributed by atoms with Crippen molar-refractivity contribution >= 4 is 0 Å². The summed E-state index contributed by atoms with van der Waals surface area (Å²) < 4.78 is 36.9. The van der Waals surface area contributed by atoms with Crippen molar-refractivity contribution in [1.82, 2.24) is 0 Å². The van der Waals surface area contributed by atoms with E-state index in [4.69, 9.17) is 0 Å². The molecule has 0 fully saturated rings. The van der Waals surface area contributed by atoms with Crippen LogP contribution in [-0.4, -0.2) is 6.18 Å². The van der Waals surface area contributed by atoms with Gasteiger partial charge in [-0.3, -0.25) is 0 Å². The van der Waals surface area contributed by atoms with Crippen molar-refractivity contribution in [2.75, 3.05) is 0 Å². The zero-order chi connectivity index (χ0) is 11.0. The van der Waals surface area contributed by atoms with Gasteiger partial charge in [0.25, 0.3) is 0 Å². The first-order valence-electron chi connectivity index (χ1n) is 4.97. The van der Waals surface area contributed by atoms with Gasteiger partial charge in [0.15, 0.2) is 0 Å². The van der Waals surface area contributed by atoms with E-state index >= 15 is 0 Å². The van der Waals surface area contributed by atoms with Crippen LogP contribution < -0.4 is 0 Å². The predicted octanol–water partition coefficient (Wildman–Crippen LogP) is 4.32. The maximum absolute atomic E-state index is 12.3. The molecule has 3 heteroatoms. The van der Waals surface area contributed by atoms with Gasteiger partial charge in [0.1, 0.15) is 0 Å². The molecule has 0 aromatic rings. The number of halogens is 3. The minimum Gasteiger partial charge on any atom is -0.166 e. The average Bonchev–Trinajstić information content (AvgIpc) is 2.01. The second kappa shape index (κ2) is 3.59. The number of allylic oxidation sites excluding steroid dienone is 2. The van der Waals surface area contributed by atoms with Crippen LogP contribution in [0.15, 0.2) is 11.6 Å². The van der Waals surface area contributed by atoms with E-state index in [1.54, 1.807) is 0 Å². The molecule has 1 aliphatic carbocycles. The largest absolute Gasteiger partial charge is 0.412 e. The van der Waals surface area contributed by atoms with E-state index in [2.05, 4.69) is 20.8 Å². The fraction of sp³-hybridized carbons (Fsp3) is 0.818. The zero-order valence-corrected chi connectivity index (χ0v) is 8.91. The Morgan fingerprint density at radius 2 is 1.79 bits per heavy atom. The monoisotopic (exact) mass is 206 g/mol. The van der Waals surface area contributed by atoms with Crippen LogP contribution in [0.1, 0.15) is 40.0 Å². The molecule has 0 saturated carbocycles. The summed E-state index contributed by atoms with van der Waals surface area (Å²) >= 11 is 0. The quantitative estimate of drug-likeness (QED) is 0.518. The van der Waals surface area contributed by atoms with E-state index in [0.717, 1.165) is 0 Å². The first-order chi connectivity index (χ1) is 6.21. The molecule has 1 unspecified atom stereocenters. The Bertz CT molecular complexity index is 230. The number of alkyl halides is 3. The normalized spacial score (nSPS) is 24.7. The standard InChI is InChI=1S/C11H17F3/c1-10(2,3)8-4-6-9(7-5-8)11(12,13)14/h6,8H,4-5,7H2,1-3H3. The highest BCUT2D eigenvalue weighted by Crippen LogP contribution is 2.41. The van der Waals surface area contributed by atoms with Gasteiger partial charge in [0.05, 0.1) is 0 Å². The van der Waals surface area contributed by atoms with Gasteiger partial charge in [-0.05, 0) is 30.6 Å². The number of hydrogen-bond acceptors (Lipinski definition) is 0. The lowest BCUT2D eigenvalue weighted by molar-refractivity contribution is -0.0962. The van der Waals surface area contributed by atoms with Crippen LogP contribution >= 0.6 is 0 Å². The summed E-state index contributed by atoms with van der Waals surface area (Å²) in [5, 5.41) is 0. The van der Waals surface area contributed by atoms with Crippen molar-refractivity contribution in [3.05, 3.63) is 11.6 Å². The molecular formula is C11H17F3. The van der Waals surface area contributed by atoms with Gasteiger partial charge in [-0.2, -0.15) is 13.2 Å². The van der Waals surface area contributed by atoms with Gasteiger partial charge in [0, 0.05) is 5.57 Å². The summed E-state index contributed by atoms with van der Waals surface area (Å²) in [5.41, 5.74) is -0.217. The van der Waals surface area contributed by atoms with Crippen molar-refractivity contribution in [3.63, 3.8) is 0 Å². The molecule has 0 radical (unpaired) electrons. The Balaban J connectivity index is 2.65. The summed E-state index contributed by atoms with van der Waals surface area (Å²) in [6.07, 6.45) is -1.32. The van der Waals surface area contributed by atoms with Gasteiger partial charge in [0.2, 0.25) is 0 Å². The van der Waals surface area contributed by atoms with Gasteiger partial charge in [-0.1, -0.05) is 26.8 Å². The molecule has 0 N–H and O–H groups in total. The SMILES string of the molecule is CC(C)(C)C1CC=C(C(F)(F)F)CC1. The Labute approximate surface area is 83.2 Å². The smallest absolute Gasteiger partial charge is 0.166 e. The maximum atomic E-state index is 12.3. The number of hydrogen-bond donors (Lipinski definition) is 0. The van der Waals surface area contributed by atoms with Crippen LogP contribution in [0.2, 0.25) is 0 Å². The summed E-state index contributed by atoms with van der Waals surface area (Å²) in [5.74, 6) is 0.383. The fourth-order valence-corrected chi connectivity index (χ4v) is 1.88. The van der Waals surface area contributed by atoms with Crippen LogP contribution in [0.25, 0.3) is 0 Å². The molecule has 1 atom stereocenters. The lowest BCUT2D eigenvalue weighted by atomic mass is 9.73. The molecule has 0 heterocycles. The van der Waals surface area contributed by atoms with E-state index in [9.17, 15) is 13.2 Å². The van der Waals surface area contributed by atoms with Crippen molar-refractivity contribution in [2.24, 2.45) is 11.3 Å². The third-order valence-electron chi connectivity index (χ3n) is 3.00. The maximum Gasteiger partial charge on any atom is 0.412 e. The Kier molecular flexibility index (Phi) is 2.98. The molecule has 1 aliphatic rings. The Morgan fingerprint density at radius 3 is 2.07 bits per heavy atom. The lowest BCUT2D eigenvalue weighted by Gasteiger charge is -2.33. The van der Waals surface area contributed by atoms with Crippen LogP contribution in [0.5, 0.6) is 0 Å². The third kappa shape index (κ3) is 2.76. The van der Waals surface area contributed by atoms with Gasteiger partial charge >= 0.3 is 6.18 Å². The van der Waals surface area contributed by atoms with Crippen LogP contribution in [0.3, 0.4) is 0 Å². The molecule has 82 valence electrons. The van der Waals surface area contributed by atoms with Crippen LogP contribution in [0, 0.1) is 11.3 Å². The van der Waals surface area contributed by atoms with Crippen molar-refractivity contribution in [2.45, 2.75) is 46.2 Å². The van der Waals surface area contributed by atoms with Gasteiger partial charge in [-0.25, -0.2) is 0 Å². The van der Waals surface area contributed by atoms with E-state index in [1.165, 1.54) is 6.08 Å². The van der Waals surface area contributed by atoms with Crippen molar-refractivity contribution in [3.8, 4) is 0 Å². The predicted molar refractivity (Wildman–Crippen MR) is 50.9 cm³/mol. The third-order valence-corrected chi connectivity index (χ3v) is 3.00. The molecule has 0 amide bonds. The highest BCUT2D eigenvalue weighted by atomic mass is 19.4. The molecule has 0 spiro atoms. The Morgan fingerprint density at radius 1 is 1.21 bits per heavy atom. The van der Waals surface area contributed by atoms with E-state index in [-0.39, 0.29) is 17.4 Å². The van der Waals surface area contributed by atoms with Crippen molar-refractivity contribution < 1.29 is 13.2 Å². The molecule has 0 nitrogen and oxygen atoms in total. The molecule has 1 rings (SSSR count). The highest BCUT2D eigenvalue weighted by molar-refractivity contribution is 5.13. The van der Waals surface area contributed by atoms with E-state index in [0.29, 0.717) is 18.8 Å². The molecule has 0 saturated heterocycles. The minimum absolute atomic E-state index is 0.119. The van der Waals surface area contributed by atoms with Gasteiger partial charge < -0.3 is 0 Å². The highest BCUT2D eigenvalue weighted by Gasteiger charge is 2.37. The molecule has 0 aromatic carbocycles. The topological polar surface area (TPSA) is 0 Å². The summed E-state index contributed by atoms with van der Waals surface area (Å²) in [6.45, 7) is 6.26. The molecule has 14 heavy (non-hydrogen) atoms. The van der Waals surface area contributed by atoms with Crippen LogP contribution in [0.4, 0.5) is 13.2 Å².